The normalized spacial score (nSPS) is 10.6. The fourth-order valence-electron chi connectivity index (χ4n) is 1.77. The number of aliphatic hydroxyl groups is 1. The first kappa shape index (κ1) is 14.5. The Labute approximate surface area is 120 Å². The molecule has 0 atom stereocenters. The molecule has 2 aromatic rings. The molecule has 7 heteroatoms. The summed E-state index contributed by atoms with van der Waals surface area (Å²) >= 11 is 5.78. The molecule has 0 bridgehead atoms. The van der Waals surface area contributed by atoms with Crippen LogP contribution < -0.4 is 0 Å². The van der Waals surface area contributed by atoms with Crippen LogP contribution in [0.4, 0.5) is 4.39 Å². The van der Waals surface area contributed by atoms with Crippen molar-refractivity contribution in [3.05, 3.63) is 52.8 Å². The summed E-state index contributed by atoms with van der Waals surface area (Å²) in [5.74, 6) is -0.647. The highest BCUT2D eigenvalue weighted by Crippen LogP contribution is 2.17. The van der Waals surface area contributed by atoms with Gasteiger partial charge in [-0.25, -0.2) is 9.37 Å². The van der Waals surface area contributed by atoms with Gasteiger partial charge in [-0.15, -0.1) is 0 Å². The zero-order valence-electron chi connectivity index (χ0n) is 10.5. The number of hydrogen-bond acceptors (Lipinski definition) is 3. The molecule has 1 aromatic carbocycles. The van der Waals surface area contributed by atoms with Gasteiger partial charge in [-0.2, -0.15) is 0 Å². The van der Waals surface area contributed by atoms with Crippen LogP contribution in [0, 0.1) is 5.82 Å². The summed E-state index contributed by atoms with van der Waals surface area (Å²) in [6.07, 6.45) is 3.17. The van der Waals surface area contributed by atoms with Crippen molar-refractivity contribution >= 4 is 17.5 Å². The second kappa shape index (κ2) is 6.49. The van der Waals surface area contributed by atoms with Crippen LogP contribution in [0.5, 0.6) is 0 Å². The second-order valence-electron chi connectivity index (χ2n) is 4.11. The summed E-state index contributed by atoms with van der Waals surface area (Å²) in [7, 11) is 0. The Kier molecular flexibility index (Phi) is 4.70. The number of nitrogens with one attached hydrogen (secondary N) is 1. The van der Waals surface area contributed by atoms with E-state index in [1.54, 1.807) is 12.4 Å². The van der Waals surface area contributed by atoms with Crippen molar-refractivity contribution in [1.82, 2.24) is 14.9 Å². The fraction of sp³-hybridized carbons (Fsp3) is 0.231. The van der Waals surface area contributed by atoms with E-state index in [-0.39, 0.29) is 30.3 Å². The molecule has 0 radical (unpaired) electrons. The smallest absolute Gasteiger partial charge is 0.257 e. The summed E-state index contributed by atoms with van der Waals surface area (Å²) in [5, 5.41) is 9.32. The van der Waals surface area contributed by atoms with E-state index >= 15 is 0 Å². The molecule has 0 saturated carbocycles. The molecule has 2 rings (SSSR count). The Morgan fingerprint density at radius 1 is 1.50 bits per heavy atom. The first-order chi connectivity index (χ1) is 9.61. The summed E-state index contributed by atoms with van der Waals surface area (Å²) in [6.45, 7) is -0.00152. The Morgan fingerprint density at radius 3 is 2.95 bits per heavy atom. The highest BCUT2D eigenvalue weighted by atomic mass is 35.5. The van der Waals surface area contributed by atoms with Gasteiger partial charge in [0.2, 0.25) is 0 Å². The second-order valence-corrected chi connectivity index (χ2v) is 4.55. The Bertz CT molecular complexity index is 589. The number of imidazole rings is 1. The van der Waals surface area contributed by atoms with E-state index in [0.29, 0.717) is 5.82 Å². The molecule has 0 saturated heterocycles. The molecule has 5 nitrogen and oxygen atoms in total. The number of rotatable bonds is 5. The number of nitrogens with zero attached hydrogens (tertiary/aromatic N) is 2. The molecule has 0 spiro atoms. The Hall–Kier alpha value is -1.92. The van der Waals surface area contributed by atoms with Gasteiger partial charge in [0, 0.05) is 24.0 Å². The van der Waals surface area contributed by atoms with Crippen molar-refractivity contribution in [2.45, 2.75) is 6.54 Å². The third kappa shape index (κ3) is 3.34. The lowest BCUT2D eigenvalue weighted by Gasteiger charge is -2.21. The molecule has 1 aromatic heterocycles. The maximum absolute atomic E-state index is 13.7. The van der Waals surface area contributed by atoms with Gasteiger partial charge >= 0.3 is 0 Å². The SMILES string of the molecule is O=C(c1cc(Cl)ccc1F)N(CCO)Cc1ncc[nH]1. The van der Waals surface area contributed by atoms with E-state index in [1.807, 2.05) is 0 Å². The van der Waals surface area contributed by atoms with Crippen LogP contribution >= 0.6 is 11.6 Å². The number of aromatic amines is 1. The van der Waals surface area contributed by atoms with Gasteiger partial charge in [0.15, 0.2) is 0 Å². The Balaban J connectivity index is 2.24. The van der Waals surface area contributed by atoms with Crippen molar-refractivity contribution in [3.8, 4) is 0 Å². The van der Waals surface area contributed by atoms with Gasteiger partial charge in [0.25, 0.3) is 5.91 Å². The molecule has 106 valence electrons. The number of H-pyrrole nitrogens is 1. The average molecular weight is 298 g/mol. The van der Waals surface area contributed by atoms with Crippen molar-refractivity contribution in [2.75, 3.05) is 13.2 Å². The van der Waals surface area contributed by atoms with Gasteiger partial charge in [-0.05, 0) is 18.2 Å². The topological polar surface area (TPSA) is 69.2 Å². The molecule has 2 N–H and O–H groups in total. The largest absolute Gasteiger partial charge is 0.395 e. The van der Waals surface area contributed by atoms with Crippen LogP contribution in [-0.4, -0.2) is 39.0 Å². The van der Waals surface area contributed by atoms with Gasteiger partial charge in [-0.1, -0.05) is 11.6 Å². The van der Waals surface area contributed by atoms with Crippen LogP contribution in [0.1, 0.15) is 16.2 Å². The Morgan fingerprint density at radius 2 is 2.30 bits per heavy atom. The molecule has 0 fully saturated rings. The third-order valence-corrected chi connectivity index (χ3v) is 2.95. The monoisotopic (exact) mass is 297 g/mol. The molecule has 1 heterocycles. The highest BCUT2D eigenvalue weighted by Gasteiger charge is 2.20. The number of amides is 1. The van der Waals surface area contributed by atoms with E-state index in [4.69, 9.17) is 16.7 Å². The van der Waals surface area contributed by atoms with Crippen LogP contribution in [-0.2, 0) is 6.54 Å². The molecule has 0 aliphatic carbocycles. The number of hydrogen-bond donors (Lipinski definition) is 2. The highest BCUT2D eigenvalue weighted by molar-refractivity contribution is 6.30. The van der Waals surface area contributed by atoms with E-state index in [9.17, 15) is 9.18 Å². The minimum absolute atomic E-state index is 0.0749. The average Bonchev–Trinajstić information content (AvgIpc) is 2.93. The first-order valence-electron chi connectivity index (χ1n) is 5.95. The van der Waals surface area contributed by atoms with Crippen LogP contribution in [0.3, 0.4) is 0 Å². The number of carbonyl (C=O) groups excluding carboxylic acids is 1. The number of aromatic nitrogens is 2. The minimum Gasteiger partial charge on any atom is -0.395 e. The van der Waals surface area contributed by atoms with Crippen LogP contribution in [0.25, 0.3) is 0 Å². The zero-order valence-corrected chi connectivity index (χ0v) is 11.3. The van der Waals surface area contributed by atoms with E-state index < -0.39 is 11.7 Å². The minimum atomic E-state index is -0.651. The van der Waals surface area contributed by atoms with Crippen molar-refractivity contribution < 1.29 is 14.3 Å². The molecular formula is C13H13ClFN3O2. The summed E-state index contributed by atoms with van der Waals surface area (Å²) in [5.41, 5.74) is -0.127. The number of aliphatic hydroxyl groups excluding tert-OH is 1. The van der Waals surface area contributed by atoms with E-state index in [0.717, 1.165) is 6.07 Å². The van der Waals surface area contributed by atoms with E-state index in [2.05, 4.69) is 9.97 Å². The predicted molar refractivity (Wildman–Crippen MR) is 71.8 cm³/mol. The van der Waals surface area contributed by atoms with Gasteiger partial charge in [0.05, 0.1) is 18.7 Å². The third-order valence-electron chi connectivity index (χ3n) is 2.71. The standard InChI is InChI=1S/C13H13ClFN3O2/c14-9-1-2-11(15)10(7-9)13(20)18(5-6-19)8-12-16-3-4-17-12/h1-4,7,19H,5-6,8H2,(H,16,17). The number of carbonyl (C=O) groups is 1. The van der Waals surface area contributed by atoms with Crippen molar-refractivity contribution in [2.24, 2.45) is 0 Å². The van der Waals surface area contributed by atoms with Crippen molar-refractivity contribution in [3.63, 3.8) is 0 Å². The maximum Gasteiger partial charge on any atom is 0.257 e. The van der Waals surface area contributed by atoms with E-state index in [1.165, 1.54) is 17.0 Å². The maximum atomic E-state index is 13.7. The lowest BCUT2D eigenvalue weighted by Crippen LogP contribution is -2.34. The lowest BCUT2D eigenvalue weighted by atomic mass is 10.2. The summed E-state index contributed by atoms with van der Waals surface area (Å²) in [6, 6.07) is 3.78. The molecule has 0 unspecified atom stereocenters. The number of benzene rings is 1. The van der Waals surface area contributed by atoms with Gasteiger partial charge in [-0.3, -0.25) is 4.79 Å². The van der Waals surface area contributed by atoms with Gasteiger partial charge < -0.3 is 15.0 Å². The quantitative estimate of drug-likeness (QED) is 0.885. The van der Waals surface area contributed by atoms with Crippen molar-refractivity contribution in [1.29, 1.82) is 0 Å². The molecule has 1 amide bonds. The first-order valence-corrected chi connectivity index (χ1v) is 6.33. The van der Waals surface area contributed by atoms with Crippen LogP contribution in [0.2, 0.25) is 5.02 Å². The summed E-state index contributed by atoms with van der Waals surface area (Å²) < 4.78 is 13.7. The molecule has 20 heavy (non-hydrogen) atoms. The fourth-order valence-corrected chi connectivity index (χ4v) is 1.94. The van der Waals surface area contributed by atoms with Gasteiger partial charge in [0.1, 0.15) is 11.6 Å². The lowest BCUT2D eigenvalue weighted by molar-refractivity contribution is 0.0698. The summed E-state index contributed by atoms with van der Waals surface area (Å²) in [4.78, 5) is 20.5. The zero-order chi connectivity index (χ0) is 14.5. The molecule has 0 aliphatic rings. The molecule has 0 aliphatic heterocycles. The predicted octanol–water partition coefficient (Wildman–Crippen LogP) is 1.84. The van der Waals surface area contributed by atoms with Crippen LogP contribution in [0.15, 0.2) is 30.6 Å². The number of halogens is 2. The molecular weight excluding hydrogens is 285 g/mol.